The fourth-order valence-corrected chi connectivity index (χ4v) is 5.06. The first-order valence-electron chi connectivity index (χ1n) is 20.4. The smallest absolute Gasteiger partial charge is 0.325 e. The number of unbranched alkanes of at least 4 members (excludes halogenated alkanes) is 1. The molecule has 2 aromatic rings. The zero-order valence-corrected chi connectivity index (χ0v) is 35.5. The zero-order valence-electron chi connectivity index (χ0n) is 35.5. The van der Waals surface area contributed by atoms with Crippen molar-refractivity contribution in [3.05, 3.63) is 73.0 Å². The van der Waals surface area contributed by atoms with E-state index in [1.54, 1.807) is 6.92 Å². The van der Waals surface area contributed by atoms with E-state index in [2.05, 4.69) is 60.3 Å². The van der Waals surface area contributed by atoms with E-state index in [1.165, 1.54) is 56.3 Å². The third-order valence-electron chi connectivity index (χ3n) is 7.92. The number of urea groups is 1. The number of nitrogens with zero attached hydrogens (tertiary/aromatic N) is 2. The van der Waals surface area contributed by atoms with Crippen molar-refractivity contribution < 1.29 is 33.8 Å². The molecule has 0 saturated heterocycles. The molecule has 1 aromatic heterocycles. The van der Waals surface area contributed by atoms with Crippen molar-refractivity contribution >= 4 is 29.6 Å². The maximum Gasteiger partial charge on any atom is 0.325 e. The second kappa shape index (κ2) is 37.4. The molecule has 1 unspecified atom stereocenters. The Morgan fingerprint density at radius 2 is 1.64 bits per heavy atom. The normalized spacial score (nSPS) is 12.1. The largest absolute Gasteiger partial charge is 0.465 e. The molecular weight excluding hydrogens is 713 g/mol. The lowest BCUT2D eigenvalue weighted by atomic mass is 9.95. The Bertz CT molecular complexity index is 1310. The third-order valence-corrected chi connectivity index (χ3v) is 7.92. The minimum absolute atomic E-state index is 0.0791. The highest BCUT2D eigenvalue weighted by atomic mass is 16.5. The van der Waals surface area contributed by atoms with Gasteiger partial charge in [-0.25, -0.2) is 9.48 Å². The summed E-state index contributed by atoms with van der Waals surface area (Å²) in [7, 11) is 1.46. The number of aliphatic hydroxyl groups excluding tert-OH is 1. The molecule has 1 aliphatic carbocycles. The summed E-state index contributed by atoms with van der Waals surface area (Å²) >= 11 is 0. The molecule has 13 nitrogen and oxygen atoms in total. The lowest BCUT2D eigenvalue weighted by Gasteiger charge is -2.22. The molecule has 0 aliphatic heterocycles. The van der Waals surface area contributed by atoms with E-state index in [-0.39, 0.29) is 49.8 Å². The van der Waals surface area contributed by atoms with Crippen LogP contribution in [0.25, 0.3) is 0 Å². The molecule has 0 radical (unpaired) electrons. The first-order valence-corrected chi connectivity index (χ1v) is 20.4. The molecule has 1 atom stereocenters. The number of rotatable bonds is 19. The van der Waals surface area contributed by atoms with E-state index in [4.69, 9.17) is 14.6 Å². The fraction of sp³-hybridized carbons (Fsp3) is 0.605. The number of carbonyl (C=O) groups is 4. The highest BCUT2D eigenvalue weighted by Crippen LogP contribution is 2.17. The number of hydrogen-bond donors (Lipinski definition) is 5. The third kappa shape index (κ3) is 28.0. The Hall–Kier alpha value is -4.49. The van der Waals surface area contributed by atoms with E-state index in [0.717, 1.165) is 50.7 Å². The summed E-state index contributed by atoms with van der Waals surface area (Å²) in [6, 6.07) is 10.3. The summed E-state index contributed by atoms with van der Waals surface area (Å²) in [5, 5.41) is 22.9. The molecule has 1 saturated carbocycles. The highest BCUT2D eigenvalue weighted by Gasteiger charge is 2.20. The van der Waals surface area contributed by atoms with Crippen LogP contribution in [0.1, 0.15) is 135 Å². The predicted molar refractivity (Wildman–Crippen MR) is 227 cm³/mol. The van der Waals surface area contributed by atoms with Crippen LogP contribution in [-0.4, -0.2) is 77.7 Å². The average molecular weight is 787 g/mol. The fourth-order valence-electron chi connectivity index (χ4n) is 5.06. The van der Waals surface area contributed by atoms with Gasteiger partial charge in [0.15, 0.2) is 5.82 Å². The van der Waals surface area contributed by atoms with E-state index >= 15 is 0 Å². The molecule has 1 aromatic carbocycles. The van der Waals surface area contributed by atoms with Crippen LogP contribution in [0.5, 0.6) is 0 Å². The van der Waals surface area contributed by atoms with Gasteiger partial charge in [-0.2, -0.15) is 5.10 Å². The van der Waals surface area contributed by atoms with Crippen LogP contribution in [0.4, 0.5) is 10.6 Å². The van der Waals surface area contributed by atoms with Gasteiger partial charge in [0.25, 0.3) is 5.91 Å². The number of ether oxygens (including phenoxy) is 2. The van der Waals surface area contributed by atoms with Gasteiger partial charge >= 0.3 is 12.0 Å². The molecule has 0 spiro atoms. The molecular formula is C43H74N6O7. The molecule has 1 aliphatic rings. The van der Waals surface area contributed by atoms with Gasteiger partial charge in [0.05, 0.1) is 25.9 Å². The van der Waals surface area contributed by atoms with E-state index in [9.17, 15) is 19.2 Å². The van der Waals surface area contributed by atoms with E-state index in [0.29, 0.717) is 6.10 Å². The Morgan fingerprint density at radius 1 is 0.982 bits per heavy atom. The summed E-state index contributed by atoms with van der Waals surface area (Å²) in [6.45, 7) is 20.1. The number of hydrogen-bond acceptors (Lipinski definition) is 8. The molecule has 5 N–H and O–H groups in total. The number of aliphatic hydroxyl groups is 1. The average Bonchev–Trinajstić information content (AvgIpc) is 3.62. The molecule has 0 bridgehead atoms. The number of amides is 4. The zero-order chi connectivity index (χ0) is 42.4. The van der Waals surface area contributed by atoms with Gasteiger partial charge in [0.1, 0.15) is 18.8 Å². The first-order chi connectivity index (χ1) is 27.1. The van der Waals surface area contributed by atoms with Crippen LogP contribution in [0.2, 0.25) is 0 Å². The van der Waals surface area contributed by atoms with Gasteiger partial charge in [-0.1, -0.05) is 116 Å². The van der Waals surface area contributed by atoms with Crippen molar-refractivity contribution in [1.29, 1.82) is 0 Å². The van der Waals surface area contributed by atoms with Crippen LogP contribution in [0, 0.1) is 0 Å². The standard InChI is InChI=1S/C18H28N6O5.C12H24O.C7H8O.C4H8.C2H6/c1-3-29-16(26)10-20-18(28)22-14-9-13(17(27)19-2)24(23-14)11-15(25)21-12-7-5-4-6-8-12;1-4-7-10-12(9-6-3)13-11-8-5-2;8-6-7-4-2-1-3-5-7;1-3-4-2;1-2/h9,12H,3-8,10-11H2,1-2H3,(H,19,27)(H,21,25)(H2,20,22,23,28);5,12H,2,4,6-11H2,1,3H3;1-5,8H,6H2;3H,1,4H2,2H3;1-2H3. The molecule has 4 amide bonds. The SMILES string of the molecule is C=CCC.C=CCCOC(CCC)CCCC.CC.CCOC(=O)CNC(=O)Nc1cc(C(=O)NC)n(CC(=O)NC2CCCCC2)n1.OCc1ccccc1. The number of nitrogens with one attached hydrogen (secondary N) is 4. The second-order valence-electron chi connectivity index (χ2n) is 12.5. The number of esters is 1. The van der Waals surface area contributed by atoms with Crippen molar-refractivity contribution in [3.63, 3.8) is 0 Å². The van der Waals surface area contributed by atoms with Crippen LogP contribution in [0.15, 0.2) is 61.7 Å². The van der Waals surface area contributed by atoms with Gasteiger partial charge in [-0.15, -0.1) is 13.2 Å². The molecule has 1 heterocycles. The van der Waals surface area contributed by atoms with Crippen molar-refractivity contribution in [1.82, 2.24) is 25.7 Å². The minimum atomic E-state index is -0.683. The summed E-state index contributed by atoms with van der Waals surface area (Å²) in [6.07, 6.45) is 17.8. The maximum atomic E-state index is 12.4. The number of carbonyl (C=O) groups excluding carboxylic acids is 4. The number of benzene rings is 1. The van der Waals surface area contributed by atoms with Gasteiger partial charge in [0.2, 0.25) is 5.91 Å². The Morgan fingerprint density at radius 3 is 2.16 bits per heavy atom. The first kappa shape index (κ1) is 53.6. The maximum absolute atomic E-state index is 12.4. The minimum Gasteiger partial charge on any atom is -0.465 e. The quantitative estimate of drug-likeness (QED) is 0.0540. The number of aromatic nitrogens is 2. The lowest BCUT2D eigenvalue weighted by Crippen LogP contribution is -2.39. The number of allylic oxidation sites excluding steroid dienone is 1. The Balaban J connectivity index is 0. The Labute approximate surface area is 337 Å². The van der Waals surface area contributed by atoms with E-state index < -0.39 is 17.9 Å². The van der Waals surface area contributed by atoms with Gasteiger partial charge in [-0.05, 0) is 51.0 Å². The van der Waals surface area contributed by atoms with Gasteiger partial charge in [0, 0.05) is 19.2 Å². The number of anilines is 1. The van der Waals surface area contributed by atoms with Crippen LogP contribution < -0.4 is 21.3 Å². The summed E-state index contributed by atoms with van der Waals surface area (Å²) in [5.74, 6) is -1.18. The topological polar surface area (TPSA) is 173 Å². The van der Waals surface area contributed by atoms with Crippen LogP contribution in [-0.2, 0) is 32.2 Å². The molecule has 3 rings (SSSR count). The van der Waals surface area contributed by atoms with Gasteiger partial charge < -0.3 is 30.5 Å². The van der Waals surface area contributed by atoms with Crippen molar-refractivity contribution in [2.75, 3.05) is 32.1 Å². The van der Waals surface area contributed by atoms with Crippen molar-refractivity contribution in [2.24, 2.45) is 0 Å². The molecule has 1 fully saturated rings. The summed E-state index contributed by atoms with van der Waals surface area (Å²) in [4.78, 5) is 47.7. The van der Waals surface area contributed by atoms with E-state index in [1.807, 2.05) is 56.3 Å². The molecule has 318 valence electrons. The van der Waals surface area contributed by atoms with Crippen molar-refractivity contribution in [2.45, 2.75) is 144 Å². The second-order valence-corrected chi connectivity index (χ2v) is 12.5. The summed E-state index contributed by atoms with van der Waals surface area (Å²) < 4.78 is 11.7. The molecule has 13 heteroatoms. The van der Waals surface area contributed by atoms with Gasteiger partial charge in [-0.3, -0.25) is 19.7 Å². The Kier molecular flexibility index (Phi) is 35.8. The van der Waals surface area contributed by atoms with Crippen LogP contribution >= 0.6 is 0 Å². The molecule has 56 heavy (non-hydrogen) atoms. The van der Waals surface area contributed by atoms with Crippen molar-refractivity contribution in [3.8, 4) is 0 Å². The summed E-state index contributed by atoms with van der Waals surface area (Å²) in [5.41, 5.74) is 1.10. The predicted octanol–water partition coefficient (Wildman–Crippen LogP) is 8.10. The van der Waals surface area contributed by atoms with Crippen LogP contribution in [0.3, 0.4) is 0 Å². The lowest BCUT2D eigenvalue weighted by molar-refractivity contribution is -0.141. The highest BCUT2D eigenvalue weighted by molar-refractivity contribution is 5.96. The monoisotopic (exact) mass is 787 g/mol.